The number of amides is 1. The Balaban J connectivity index is 0.000000297. The molecule has 0 aromatic rings. The zero-order chi connectivity index (χ0) is 13.7. The van der Waals surface area contributed by atoms with E-state index < -0.39 is 16.8 Å². The van der Waals surface area contributed by atoms with Crippen LogP contribution in [0.3, 0.4) is 0 Å². The van der Waals surface area contributed by atoms with E-state index in [1.165, 1.54) is 22.3 Å². The molecule has 3 unspecified atom stereocenters. The van der Waals surface area contributed by atoms with Crippen LogP contribution >= 0.6 is 0 Å². The maximum absolute atomic E-state index is 10.7. The molecule has 1 N–H and O–H groups in total. The van der Waals surface area contributed by atoms with Crippen molar-refractivity contribution in [2.24, 2.45) is 11.8 Å². The van der Waals surface area contributed by atoms with E-state index in [-0.39, 0.29) is 0 Å². The molecule has 3 atom stereocenters. The Morgan fingerprint density at radius 2 is 1.79 bits per heavy atom. The van der Waals surface area contributed by atoms with Crippen LogP contribution in [0.4, 0.5) is 0 Å². The summed E-state index contributed by atoms with van der Waals surface area (Å²) in [6, 6.07) is 0. The van der Waals surface area contributed by atoms with E-state index in [0.717, 1.165) is 22.5 Å². The Labute approximate surface area is 120 Å². The number of hydrogen-bond acceptors (Lipinski definition) is 1. The van der Waals surface area contributed by atoms with Crippen LogP contribution in [0.15, 0.2) is 49.6 Å². The number of hydrogen-bond donors (Lipinski definition) is 1. The molecule has 0 radical (unpaired) electrons. The molecule has 1 saturated carbocycles. The molecule has 3 rings (SSSR count). The van der Waals surface area contributed by atoms with E-state index in [1.807, 2.05) is 0 Å². The van der Waals surface area contributed by atoms with Crippen LogP contribution in [0.1, 0.15) is 12.8 Å². The van der Waals surface area contributed by atoms with Gasteiger partial charge in [-0.3, -0.25) is 0 Å². The van der Waals surface area contributed by atoms with Gasteiger partial charge in [-0.05, 0) is 0 Å². The molecule has 0 spiro atoms. The summed E-state index contributed by atoms with van der Waals surface area (Å²) >= 11 is -1.85. The third kappa shape index (κ3) is 3.18. The first-order valence-corrected chi connectivity index (χ1v) is 11.0. The van der Waals surface area contributed by atoms with E-state index in [4.69, 9.17) is 0 Å². The summed E-state index contributed by atoms with van der Waals surface area (Å²) in [4.78, 5) is 10.7. The summed E-state index contributed by atoms with van der Waals surface area (Å²) in [6.45, 7) is 6.72. The fraction of sp³-hybridized carbons (Fsp3) is 0.438. The number of carbonyl (C=O) groups is 1. The Kier molecular flexibility index (Phi) is 5.01. The molecule has 1 amide bonds. The normalized spacial score (nSPS) is 32.5. The Hall–Kier alpha value is -0.856. The van der Waals surface area contributed by atoms with Gasteiger partial charge in [-0.2, -0.15) is 0 Å². The number of allylic oxidation sites excluding steroid dienone is 6. The SMILES string of the molecule is C=CC=C.O=C[NH][Ti]1([CH]2CCC3C=CC=CC32)[CH2][CH2]1. The standard InChI is InChI=1S/C9H11.C4H6.C2H4.CH3NO.Ti/c1-2-5-9-7-3-6-8(9)4-1;1-3-4-2;1-2;2-1-3;/h1-2,4-6,8-9H,3,7H2;3-4H,1-2H2;1-2H2;1H,(H2,2,3);/q;;;;+1/p-1. The van der Waals surface area contributed by atoms with Gasteiger partial charge in [0.2, 0.25) is 0 Å². The average Bonchev–Trinajstić information content (AvgIpc) is 3.09. The molecule has 0 bridgehead atoms. The Bertz CT molecular complexity index is 403. The second-order valence-electron chi connectivity index (χ2n) is 5.58. The molecular weight excluding hydrogens is 270 g/mol. The van der Waals surface area contributed by atoms with Crippen LogP contribution in [0, 0.1) is 11.8 Å². The monoisotopic (exact) mass is 293 g/mol. The molecule has 19 heavy (non-hydrogen) atoms. The van der Waals surface area contributed by atoms with Gasteiger partial charge in [0.05, 0.1) is 0 Å². The number of carbonyl (C=O) groups excluding carboxylic acids is 1. The zero-order valence-electron chi connectivity index (χ0n) is 11.4. The third-order valence-corrected chi connectivity index (χ3v) is 11.4. The molecule has 0 aromatic heterocycles. The fourth-order valence-corrected chi connectivity index (χ4v) is 10.8. The first-order valence-electron chi connectivity index (χ1n) is 7.07. The van der Waals surface area contributed by atoms with Gasteiger partial charge in [0, 0.05) is 0 Å². The zero-order valence-corrected chi connectivity index (χ0v) is 13.0. The second kappa shape index (κ2) is 6.54. The molecule has 1 heterocycles. The van der Waals surface area contributed by atoms with Crippen molar-refractivity contribution in [2.75, 3.05) is 0 Å². The van der Waals surface area contributed by atoms with Crippen LogP contribution in [0.2, 0.25) is 13.7 Å². The number of nitrogens with one attached hydrogen (secondary N) is 1. The van der Waals surface area contributed by atoms with E-state index in [1.54, 1.807) is 12.2 Å². The van der Waals surface area contributed by atoms with Crippen LogP contribution in [0.5, 0.6) is 0 Å². The summed E-state index contributed by atoms with van der Waals surface area (Å²) in [7, 11) is 0. The van der Waals surface area contributed by atoms with E-state index in [2.05, 4.69) is 41.3 Å². The molecule has 1 aliphatic heterocycles. The first-order chi connectivity index (χ1) is 9.27. The first kappa shape index (κ1) is 14.6. The van der Waals surface area contributed by atoms with Crippen LogP contribution in [-0.2, 0) is 21.6 Å². The van der Waals surface area contributed by atoms with Crippen molar-refractivity contribution in [3.8, 4) is 0 Å². The third-order valence-electron chi connectivity index (χ3n) is 4.58. The minimum absolute atomic E-state index is 0.755. The predicted molar refractivity (Wildman–Crippen MR) is 77.5 cm³/mol. The van der Waals surface area contributed by atoms with Crippen molar-refractivity contribution < 1.29 is 21.6 Å². The molecule has 2 aliphatic carbocycles. The molecule has 102 valence electrons. The van der Waals surface area contributed by atoms with Crippen molar-refractivity contribution in [2.45, 2.75) is 26.5 Å². The molecular formula is C16H23NOTi. The van der Waals surface area contributed by atoms with Gasteiger partial charge in [0.25, 0.3) is 0 Å². The summed E-state index contributed by atoms with van der Waals surface area (Å²) in [5.74, 6) is 1.53. The van der Waals surface area contributed by atoms with Crippen LogP contribution < -0.4 is 3.80 Å². The quantitative estimate of drug-likeness (QED) is 0.474. The van der Waals surface area contributed by atoms with Crippen LogP contribution in [-0.4, -0.2) is 6.41 Å². The van der Waals surface area contributed by atoms with Gasteiger partial charge >= 0.3 is 94.5 Å². The number of rotatable bonds is 4. The van der Waals surface area contributed by atoms with Crippen LogP contribution in [0.25, 0.3) is 0 Å². The summed E-state index contributed by atoms with van der Waals surface area (Å²) in [6.07, 6.45) is 16.1. The molecule has 2 nitrogen and oxygen atoms in total. The fourth-order valence-electron chi connectivity index (χ4n) is 3.47. The van der Waals surface area contributed by atoms with Gasteiger partial charge < -0.3 is 0 Å². The minimum atomic E-state index is -1.85. The molecule has 3 heteroatoms. The summed E-state index contributed by atoms with van der Waals surface area (Å²) in [5.41, 5.74) is 0. The van der Waals surface area contributed by atoms with Gasteiger partial charge in [0.1, 0.15) is 0 Å². The molecule has 2 fully saturated rings. The molecule has 0 aromatic carbocycles. The van der Waals surface area contributed by atoms with Gasteiger partial charge in [-0.25, -0.2) is 0 Å². The summed E-state index contributed by atoms with van der Waals surface area (Å²) < 4.78 is 6.85. The number of fused-ring (bicyclic) bond motifs is 1. The van der Waals surface area contributed by atoms with Crippen molar-refractivity contribution in [1.29, 1.82) is 0 Å². The van der Waals surface area contributed by atoms with Gasteiger partial charge in [0.15, 0.2) is 0 Å². The maximum atomic E-state index is 10.7. The summed E-state index contributed by atoms with van der Waals surface area (Å²) in [5, 5.41) is 0. The van der Waals surface area contributed by atoms with Gasteiger partial charge in [-0.1, -0.05) is 25.3 Å². The second-order valence-corrected chi connectivity index (χ2v) is 12.4. The predicted octanol–water partition coefficient (Wildman–Crippen LogP) is 3.95. The topological polar surface area (TPSA) is 29.1 Å². The van der Waals surface area contributed by atoms with E-state index in [9.17, 15) is 4.79 Å². The Morgan fingerprint density at radius 3 is 2.37 bits per heavy atom. The average molecular weight is 293 g/mol. The van der Waals surface area contributed by atoms with Crippen molar-refractivity contribution in [3.63, 3.8) is 0 Å². The van der Waals surface area contributed by atoms with Crippen molar-refractivity contribution >= 4 is 6.41 Å². The van der Waals surface area contributed by atoms with Crippen molar-refractivity contribution in [1.82, 2.24) is 3.80 Å². The van der Waals surface area contributed by atoms with E-state index in [0.29, 0.717) is 0 Å². The Morgan fingerprint density at radius 1 is 1.11 bits per heavy atom. The van der Waals surface area contributed by atoms with E-state index >= 15 is 0 Å². The molecule has 1 saturated heterocycles. The van der Waals surface area contributed by atoms with Gasteiger partial charge in [-0.15, -0.1) is 0 Å². The van der Waals surface area contributed by atoms with Crippen molar-refractivity contribution in [3.05, 3.63) is 49.6 Å². The molecule has 3 aliphatic rings.